The Kier molecular flexibility index (Phi) is 19.1. The summed E-state index contributed by atoms with van der Waals surface area (Å²) in [6, 6.07) is 31.6. The largest absolute Gasteiger partial charge is 0.399 e. The van der Waals surface area contributed by atoms with E-state index < -0.39 is 0 Å². The molecule has 2 nitrogen and oxygen atoms in total. The fourth-order valence-electron chi connectivity index (χ4n) is 8.59. The Balaban J connectivity index is 0.919. The van der Waals surface area contributed by atoms with Crippen molar-refractivity contribution in [3.8, 4) is 0 Å². The lowest BCUT2D eigenvalue weighted by Gasteiger charge is -2.19. The Morgan fingerprint density at radius 3 is 0.925 bits per heavy atom. The minimum atomic E-state index is 0.448. The molecule has 2 atom stereocenters. The molecule has 2 heteroatoms. The van der Waals surface area contributed by atoms with Crippen LogP contribution in [0.3, 0.4) is 0 Å². The van der Waals surface area contributed by atoms with Crippen LogP contribution in [0.4, 0.5) is 11.4 Å². The molecule has 0 fully saturated rings. The molecule has 0 amide bonds. The number of rotatable bonds is 26. The van der Waals surface area contributed by atoms with Crippen LogP contribution < -0.4 is 11.5 Å². The average molecular weight is 715 g/mol. The van der Waals surface area contributed by atoms with Crippen LogP contribution in [0.25, 0.3) is 0 Å². The predicted octanol–water partition coefficient (Wildman–Crippen LogP) is 15.0. The van der Waals surface area contributed by atoms with Gasteiger partial charge in [0.05, 0.1) is 0 Å². The third-order valence-corrected chi connectivity index (χ3v) is 11.9. The molecule has 0 bridgehead atoms. The number of nitrogen functional groups attached to an aromatic ring is 2. The molecule has 0 aliphatic rings. The molecule has 0 saturated heterocycles. The SMILES string of the molecule is CCC(c1ccc(CCCCCCCCCCCCCCCCCCCc2ccc(C(CC)c3ccc(N)cc3C)cc2)cc1)c1ccc(N)cc1C. The topological polar surface area (TPSA) is 52.0 Å². The number of nitrogens with two attached hydrogens (primary N) is 2. The molecule has 0 saturated carbocycles. The quantitative estimate of drug-likeness (QED) is 0.0502. The highest BCUT2D eigenvalue weighted by Crippen LogP contribution is 2.33. The number of hydrogen-bond donors (Lipinski definition) is 2. The van der Waals surface area contributed by atoms with Gasteiger partial charge in [0, 0.05) is 23.2 Å². The maximum Gasteiger partial charge on any atom is 0.0316 e. The number of unbranched alkanes of at least 4 members (excludes halogenated alkanes) is 16. The Morgan fingerprint density at radius 1 is 0.377 bits per heavy atom. The fraction of sp³-hybridized carbons (Fsp3) is 0.529. The molecule has 0 aliphatic heterocycles. The number of hydrogen-bond acceptors (Lipinski definition) is 2. The molecule has 53 heavy (non-hydrogen) atoms. The summed E-state index contributed by atoms with van der Waals surface area (Å²) in [5.41, 5.74) is 24.9. The molecule has 4 aromatic rings. The van der Waals surface area contributed by atoms with E-state index in [1.807, 2.05) is 12.1 Å². The molecule has 0 aromatic heterocycles. The van der Waals surface area contributed by atoms with E-state index in [0.717, 1.165) is 24.2 Å². The molecular weight excluding hydrogens is 641 g/mol. The van der Waals surface area contributed by atoms with Gasteiger partial charge < -0.3 is 11.5 Å². The fourth-order valence-corrected chi connectivity index (χ4v) is 8.59. The van der Waals surface area contributed by atoms with Gasteiger partial charge in [0.15, 0.2) is 0 Å². The van der Waals surface area contributed by atoms with Crippen molar-refractivity contribution in [1.82, 2.24) is 0 Å². The molecule has 2 unspecified atom stereocenters. The van der Waals surface area contributed by atoms with Crippen LogP contribution in [0.5, 0.6) is 0 Å². The standard InChI is InChI=1S/C51H74N2/c1-5-48(50-36-34-46(52)38-40(50)3)44-30-26-42(27-31-44)24-22-20-18-16-14-12-10-8-7-9-11-13-15-17-19-21-23-25-43-28-32-45(33-29-43)49(6-2)51-37-35-47(53)39-41(51)4/h26-39,48-49H,5-25,52-53H2,1-4H3. The van der Waals surface area contributed by atoms with Crippen molar-refractivity contribution in [1.29, 1.82) is 0 Å². The first-order valence-electron chi connectivity index (χ1n) is 21.8. The third kappa shape index (κ3) is 14.7. The average Bonchev–Trinajstić information content (AvgIpc) is 3.16. The number of aryl methyl sites for hydroxylation is 4. The van der Waals surface area contributed by atoms with Crippen LogP contribution in [0.1, 0.15) is 192 Å². The normalized spacial score (nSPS) is 12.6. The van der Waals surface area contributed by atoms with Crippen molar-refractivity contribution in [2.75, 3.05) is 11.5 Å². The second-order valence-electron chi connectivity index (χ2n) is 16.1. The number of benzene rings is 4. The lowest BCUT2D eigenvalue weighted by atomic mass is 9.86. The van der Waals surface area contributed by atoms with Crippen molar-refractivity contribution >= 4 is 11.4 Å². The lowest BCUT2D eigenvalue weighted by Crippen LogP contribution is -2.03. The second-order valence-corrected chi connectivity index (χ2v) is 16.1. The van der Waals surface area contributed by atoms with Crippen molar-refractivity contribution in [3.63, 3.8) is 0 Å². The first-order chi connectivity index (χ1) is 25.9. The first kappa shape index (κ1) is 42.2. The predicted molar refractivity (Wildman–Crippen MR) is 234 cm³/mol. The molecule has 0 radical (unpaired) electrons. The highest BCUT2D eigenvalue weighted by atomic mass is 14.5. The molecule has 4 aromatic carbocycles. The van der Waals surface area contributed by atoms with Gasteiger partial charge in [-0.3, -0.25) is 0 Å². The maximum atomic E-state index is 5.99. The molecule has 4 rings (SSSR count). The van der Waals surface area contributed by atoms with Gasteiger partial charge >= 0.3 is 0 Å². The van der Waals surface area contributed by atoms with Gasteiger partial charge in [0.25, 0.3) is 0 Å². The molecule has 4 N–H and O–H groups in total. The van der Waals surface area contributed by atoms with Crippen molar-refractivity contribution in [2.24, 2.45) is 0 Å². The Hall–Kier alpha value is -3.52. The maximum absolute atomic E-state index is 5.99. The summed E-state index contributed by atoms with van der Waals surface area (Å²) in [5.74, 6) is 0.895. The molecule has 288 valence electrons. The molecule has 0 heterocycles. The van der Waals surface area contributed by atoms with Gasteiger partial charge in [-0.05, 0) is 121 Å². The lowest BCUT2D eigenvalue weighted by molar-refractivity contribution is 0.525. The minimum Gasteiger partial charge on any atom is -0.399 e. The summed E-state index contributed by atoms with van der Waals surface area (Å²) in [7, 11) is 0. The summed E-state index contributed by atoms with van der Waals surface area (Å²) in [4.78, 5) is 0. The van der Waals surface area contributed by atoms with Crippen molar-refractivity contribution in [3.05, 3.63) is 129 Å². The van der Waals surface area contributed by atoms with E-state index >= 15 is 0 Å². The van der Waals surface area contributed by atoms with Crippen LogP contribution in [0.15, 0.2) is 84.9 Å². The summed E-state index contributed by atoms with van der Waals surface area (Å²) in [6.45, 7) is 8.94. The van der Waals surface area contributed by atoms with Gasteiger partial charge in [0.2, 0.25) is 0 Å². The van der Waals surface area contributed by atoms with Gasteiger partial charge in [-0.2, -0.15) is 0 Å². The Bertz CT molecular complexity index is 1450. The highest BCUT2D eigenvalue weighted by Gasteiger charge is 2.16. The molecular formula is C51H74N2. The number of anilines is 2. The van der Waals surface area contributed by atoms with Crippen LogP contribution in [-0.2, 0) is 12.8 Å². The Labute approximate surface area is 325 Å². The first-order valence-corrected chi connectivity index (χ1v) is 21.8. The zero-order chi connectivity index (χ0) is 37.7. The van der Waals surface area contributed by atoms with Gasteiger partial charge in [0.1, 0.15) is 0 Å². The summed E-state index contributed by atoms with van der Waals surface area (Å²) in [5, 5.41) is 0. The monoisotopic (exact) mass is 715 g/mol. The van der Waals surface area contributed by atoms with E-state index in [1.54, 1.807) is 0 Å². The molecule has 0 spiro atoms. The van der Waals surface area contributed by atoms with Gasteiger partial charge in [-0.25, -0.2) is 0 Å². The van der Waals surface area contributed by atoms with Gasteiger partial charge in [-0.15, -0.1) is 0 Å². The van der Waals surface area contributed by atoms with E-state index in [1.165, 1.54) is 167 Å². The summed E-state index contributed by atoms with van der Waals surface area (Å²) < 4.78 is 0. The van der Waals surface area contributed by atoms with Crippen LogP contribution in [0, 0.1) is 13.8 Å². The minimum absolute atomic E-state index is 0.448. The van der Waals surface area contributed by atoms with Crippen LogP contribution in [0.2, 0.25) is 0 Å². The van der Waals surface area contributed by atoms with Crippen LogP contribution >= 0.6 is 0 Å². The summed E-state index contributed by atoms with van der Waals surface area (Å²) in [6.07, 6.45) is 28.5. The van der Waals surface area contributed by atoms with Crippen molar-refractivity contribution in [2.45, 2.75) is 174 Å². The van der Waals surface area contributed by atoms with Crippen molar-refractivity contribution < 1.29 is 0 Å². The Morgan fingerprint density at radius 2 is 0.660 bits per heavy atom. The zero-order valence-corrected chi connectivity index (χ0v) is 34.2. The van der Waals surface area contributed by atoms with E-state index in [9.17, 15) is 0 Å². The van der Waals surface area contributed by atoms with E-state index in [4.69, 9.17) is 11.5 Å². The van der Waals surface area contributed by atoms with Gasteiger partial charge in [-0.1, -0.05) is 171 Å². The zero-order valence-electron chi connectivity index (χ0n) is 34.2. The van der Waals surface area contributed by atoms with Crippen LogP contribution in [-0.4, -0.2) is 0 Å². The summed E-state index contributed by atoms with van der Waals surface area (Å²) >= 11 is 0. The molecule has 0 aliphatic carbocycles. The smallest absolute Gasteiger partial charge is 0.0316 e. The third-order valence-electron chi connectivity index (χ3n) is 11.9. The second kappa shape index (κ2) is 24.0. The van der Waals surface area contributed by atoms with E-state index in [0.29, 0.717) is 11.8 Å². The van der Waals surface area contributed by atoms with E-state index in [2.05, 4.69) is 100 Å². The highest BCUT2D eigenvalue weighted by molar-refractivity contribution is 5.49. The van der Waals surface area contributed by atoms with E-state index in [-0.39, 0.29) is 0 Å².